The van der Waals surface area contributed by atoms with Crippen molar-refractivity contribution in [3.05, 3.63) is 47.5 Å². The third kappa shape index (κ3) is 3.74. The van der Waals surface area contributed by atoms with Crippen LogP contribution in [0.5, 0.6) is 0 Å². The van der Waals surface area contributed by atoms with Crippen molar-refractivity contribution >= 4 is 5.91 Å². The summed E-state index contributed by atoms with van der Waals surface area (Å²) in [4.78, 5) is 14.6. The molecule has 1 unspecified atom stereocenters. The molecule has 0 fully saturated rings. The van der Waals surface area contributed by atoms with E-state index in [1.165, 1.54) is 5.57 Å². The second kappa shape index (κ2) is 7.66. The van der Waals surface area contributed by atoms with Crippen LogP contribution in [0.1, 0.15) is 30.1 Å². The smallest absolute Gasteiger partial charge is 0.255 e. The molecule has 0 saturated heterocycles. The highest BCUT2D eigenvalue weighted by atomic mass is 16.5. The lowest BCUT2D eigenvalue weighted by molar-refractivity contribution is 0.0730. The fraction of sp³-hybridized carbons (Fsp3) is 0.389. The number of carbonyl (C=O) groups is 1. The Morgan fingerprint density at radius 2 is 2.14 bits per heavy atom. The molecule has 0 spiro atoms. The van der Waals surface area contributed by atoms with E-state index >= 15 is 0 Å². The molecule has 1 aliphatic heterocycles. The van der Waals surface area contributed by atoms with Crippen molar-refractivity contribution in [2.75, 3.05) is 20.3 Å². The highest BCUT2D eigenvalue weighted by Crippen LogP contribution is 2.22. The van der Waals surface area contributed by atoms with Crippen molar-refractivity contribution in [1.82, 2.24) is 4.90 Å². The van der Waals surface area contributed by atoms with Crippen LogP contribution in [0.3, 0.4) is 0 Å². The zero-order valence-corrected chi connectivity index (χ0v) is 12.6. The largest absolute Gasteiger partial charge is 0.372 e. The first-order chi connectivity index (χ1) is 10.3. The molecule has 21 heavy (non-hydrogen) atoms. The van der Waals surface area contributed by atoms with Crippen molar-refractivity contribution in [2.45, 2.75) is 25.8 Å². The summed E-state index contributed by atoms with van der Waals surface area (Å²) in [5, 5.41) is 0. The Morgan fingerprint density at radius 3 is 2.81 bits per heavy atom. The minimum atomic E-state index is -0.133. The summed E-state index contributed by atoms with van der Waals surface area (Å²) in [6.07, 6.45) is 4.01. The molecule has 110 valence electrons. The maximum atomic E-state index is 12.7. The van der Waals surface area contributed by atoms with E-state index in [2.05, 4.69) is 24.8 Å². The molecule has 0 N–H and O–H groups in total. The Morgan fingerprint density at radius 1 is 1.38 bits per heavy atom. The van der Waals surface area contributed by atoms with Gasteiger partial charge in [-0.15, -0.1) is 0 Å². The van der Waals surface area contributed by atoms with Gasteiger partial charge in [0.2, 0.25) is 0 Å². The summed E-state index contributed by atoms with van der Waals surface area (Å²) in [6, 6.07) is 9.27. The maximum absolute atomic E-state index is 12.7. The molecular weight excluding hydrogens is 262 g/mol. The van der Waals surface area contributed by atoms with Crippen molar-refractivity contribution in [3.63, 3.8) is 0 Å². The van der Waals surface area contributed by atoms with E-state index in [-0.39, 0.29) is 11.9 Å². The van der Waals surface area contributed by atoms with Gasteiger partial charge in [-0.3, -0.25) is 4.79 Å². The van der Waals surface area contributed by atoms with Gasteiger partial charge in [0.25, 0.3) is 5.91 Å². The van der Waals surface area contributed by atoms with Crippen LogP contribution in [0, 0.1) is 11.8 Å². The van der Waals surface area contributed by atoms with Gasteiger partial charge in [-0.05, 0) is 30.5 Å². The van der Waals surface area contributed by atoms with E-state index in [0.717, 1.165) is 12.8 Å². The molecule has 3 nitrogen and oxygen atoms in total. The van der Waals surface area contributed by atoms with Crippen LogP contribution < -0.4 is 0 Å². The van der Waals surface area contributed by atoms with Gasteiger partial charge in [0.15, 0.2) is 0 Å². The zero-order chi connectivity index (χ0) is 15.1. The summed E-state index contributed by atoms with van der Waals surface area (Å²) in [5.74, 6) is 6.23. The maximum Gasteiger partial charge on any atom is 0.255 e. The molecule has 1 aliphatic rings. The highest BCUT2D eigenvalue weighted by molar-refractivity contribution is 5.95. The number of nitrogens with zero attached hydrogens (tertiary/aromatic N) is 1. The molecule has 1 amide bonds. The van der Waals surface area contributed by atoms with Gasteiger partial charge < -0.3 is 9.64 Å². The second-order valence-electron chi connectivity index (χ2n) is 4.94. The average molecular weight is 283 g/mol. The van der Waals surface area contributed by atoms with Crippen LogP contribution >= 0.6 is 0 Å². The summed E-state index contributed by atoms with van der Waals surface area (Å²) in [6.45, 7) is 3.21. The predicted molar refractivity (Wildman–Crippen MR) is 83.9 cm³/mol. The first kappa shape index (κ1) is 15.3. The lowest BCUT2D eigenvalue weighted by atomic mass is 9.97. The molecule has 1 atom stereocenters. The van der Waals surface area contributed by atoms with Gasteiger partial charge in [0, 0.05) is 19.2 Å². The first-order valence-electron chi connectivity index (χ1n) is 7.30. The number of hydrogen-bond acceptors (Lipinski definition) is 2. The molecule has 1 aromatic carbocycles. The Labute approximate surface area is 126 Å². The molecule has 3 heteroatoms. The first-order valence-corrected chi connectivity index (χ1v) is 7.30. The average Bonchev–Trinajstić information content (AvgIpc) is 2.55. The number of carbonyl (C=O) groups excluding carboxylic acids is 1. The van der Waals surface area contributed by atoms with Gasteiger partial charge >= 0.3 is 0 Å². The molecular formula is C18H21NO2. The minimum absolute atomic E-state index is 0.0476. The number of benzene rings is 1. The van der Waals surface area contributed by atoms with E-state index in [1.807, 2.05) is 35.2 Å². The van der Waals surface area contributed by atoms with E-state index in [4.69, 9.17) is 4.74 Å². The Balaban J connectivity index is 2.26. The van der Waals surface area contributed by atoms with Crippen LogP contribution in [0.2, 0.25) is 0 Å². The number of methoxy groups -OCH3 is 1. The molecule has 0 aromatic heterocycles. The molecule has 0 aliphatic carbocycles. The second-order valence-corrected chi connectivity index (χ2v) is 4.94. The van der Waals surface area contributed by atoms with Gasteiger partial charge in [-0.2, -0.15) is 0 Å². The van der Waals surface area contributed by atoms with Crippen LogP contribution in [0.4, 0.5) is 0 Å². The van der Waals surface area contributed by atoms with Crippen LogP contribution in [0.15, 0.2) is 42.0 Å². The summed E-state index contributed by atoms with van der Waals surface area (Å²) in [7, 11) is 1.62. The molecule has 2 rings (SSSR count). The fourth-order valence-electron chi connectivity index (χ4n) is 2.51. The van der Waals surface area contributed by atoms with Crippen molar-refractivity contribution in [2.24, 2.45) is 0 Å². The molecule has 1 aromatic rings. The third-order valence-corrected chi connectivity index (χ3v) is 3.58. The summed E-state index contributed by atoms with van der Waals surface area (Å²) in [5.41, 5.74) is 1.93. The van der Waals surface area contributed by atoms with E-state index in [9.17, 15) is 4.79 Å². The lowest BCUT2D eigenvalue weighted by Crippen LogP contribution is -2.43. The zero-order valence-electron chi connectivity index (χ0n) is 12.6. The topological polar surface area (TPSA) is 29.5 Å². The molecule has 0 bridgehead atoms. The molecule has 1 heterocycles. The number of rotatable bonds is 3. The predicted octanol–water partition coefficient (Wildman–Crippen LogP) is 2.89. The van der Waals surface area contributed by atoms with Crippen LogP contribution in [0.25, 0.3) is 0 Å². The SMILES string of the molecule is CCC1=CCCN(C(=O)c2ccccc2)C1C#CCOC. The summed E-state index contributed by atoms with van der Waals surface area (Å²) >= 11 is 0. The lowest BCUT2D eigenvalue weighted by Gasteiger charge is -2.33. The molecule has 0 radical (unpaired) electrons. The monoisotopic (exact) mass is 283 g/mol. The van der Waals surface area contributed by atoms with E-state index < -0.39 is 0 Å². The summed E-state index contributed by atoms with van der Waals surface area (Å²) < 4.78 is 4.99. The van der Waals surface area contributed by atoms with Crippen molar-refractivity contribution < 1.29 is 9.53 Å². The molecule has 0 saturated carbocycles. The normalized spacial score (nSPS) is 17.7. The Bertz CT molecular complexity index is 566. The van der Waals surface area contributed by atoms with Gasteiger partial charge in [-0.1, -0.05) is 43.0 Å². The number of hydrogen-bond donors (Lipinski definition) is 0. The van der Waals surface area contributed by atoms with Crippen LogP contribution in [-0.4, -0.2) is 37.1 Å². The Kier molecular flexibility index (Phi) is 5.59. The van der Waals surface area contributed by atoms with Gasteiger partial charge in [0.05, 0.1) is 0 Å². The number of amides is 1. The van der Waals surface area contributed by atoms with E-state index in [0.29, 0.717) is 18.7 Å². The quantitative estimate of drug-likeness (QED) is 0.630. The van der Waals surface area contributed by atoms with Gasteiger partial charge in [-0.25, -0.2) is 0 Å². The van der Waals surface area contributed by atoms with Crippen molar-refractivity contribution in [1.29, 1.82) is 0 Å². The third-order valence-electron chi connectivity index (χ3n) is 3.58. The van der Waals surface area contributed by atoms with Gasteiger partial charge in [0.1, 0.15) is 12.6 Å². The van der Waals surface area contributed by atoms with E-state index in [1.54, 1.807) is 7.11 Å². The standard InChI is InChI=1S/C18H21NO2/c1-3-15-11-7-13-19(17(15)12-8-14-21-2)18(20)16-9-5-4-6-10-16/h4-6,9-11,17H,3,7,13-14H2,1-2H3. The highest BCUT2D eigenvalue weighted by Gasteiger charge is 2.27. The van der Waals surface area contributed by atoms with Crippen LogP contribution in [-0.2, 0) is 4.74 Å². The number of ether oxygens (including phenoxy) is 1. The van der Waals surface area contributed by atoms with Crippen molar-refractivity contribution in [3.8, 4) is 11.8 Å². The fourth-order valence-corrected chi connectivity index (χ4v) is 2.51. The Hall–Kier alpha value is -2.05. The minimum Gasteiger partial charge on any atom is -0.372 e.